The van der Waals surface area contributed by atoms with E-state index in [4.69, 9.17) is 16.7 Å². The monoisotopic (exact) mass is 334 g/mol. The van der Waals surface area contributed by atoms with E-state index < -0.39 is 12.0 Å². The van der Waals surface area contributed by atoms with Crippen LogP contribution in [0, 0.1) is 0 Å². The van der Waals surface area contributed by atoms with Gasteiger partial charge in [0, 0.05) is 25.0 Å². The first kappa shape index (κ1) is 19.7. The first-order valence-corrected chi connectivity index (χ1v) is 6.82. The number of hydrogen-bond acceptors (Lipinski definition) is 3. The van der Waals surface area contributed by atoms with Gasteiger partial charge < -0.3 is 15.7 Å². The van der Waals surface area contributed by atoms with Crippen LogP contribution < -0.4 is 10.6 Å². The summed E-state index contributed by atoms with van der Waals surface area (Å²) in [5, 5.41) is 15.2. The van der Waals surface area contributed by atoms with E-state index in [-0.39, 0.29) is 31.2 Å². The highest BCUT2D eigenvalue weighted by Crippen LogP contribution is 2.14. The summed E-state index contributed by atoms with van der Waals surface area (Å²) in [6.45, 7) is 0.494. The lowest BCUT2D eigenvalue weighted by molar-refractivity contribution is -0.139. The Hall–Kier alpha value is -1.30. The normalized spacial score (nSPS) is 11.3. The molecule has 0 heterocycles. The summed E-state index contributed by atoms with van der Waals surface area (Å²) >= 11 is 6.03. The van der Waals surface area contributed by atoms with Crippen LogP contribution in [0.3, 0.4) is 0 Å². The molecule has 0 aliphatic rings. The SMILES string of the molecule is CNC(=O)CC[C@H](NCCc1ccccc1Cl)C(=O)O.Cl. The minimum atomic E-state index is -0.951. The van der Waals surface area contributed by atoms with Crippen LogP contribution in [0.1, 0.15) is 18.4 Å². The number of carbonyl (C=O) groups excluding carboxylic acids is 1. The van der Waals surface area contributed by atoms with Crippen molar-refractivity contribution >= 4 is 35.9 Å². The number of carboxylic acid groups (broad SMARTS) is 1. The highest BCUT2D eigenvalue weighted by Gasteiger charge is 2.17. The zero-order valence-electron chi connectivity index (χ0n) is 11.8. The number of benzene rings is 1. The average molecular weight is 335 g/mol. The Morgan fingerprint density at radius 2 is 2.00 bits per heavy atom. The topological polar surface area (TPSA) is 78.4 Å². The molecule has 0 saturated carbocycles. The van der Waals surface area contributed by atoms with Crippen molar-refractivity contribution in [3.8, 4) is 0 Å². The summed E-state index contributed by atoms with van der Waals surface area (Å²) in [6.07, 6.45) is 1.09. The molecule has 5 nitrogen and oxygen atoms in total. The van der Waals surface area contributed by atoms with Crippen molar-refractivity contribution in [1.29, 1.82) is 0 Å². The number of halogens is 2. The second-order valence-electron chi connectivity index (χ2n) is 4.40. The van der Waals surface area contributed by atoms with Gasteiger partial charge in [-0.25, -0.2) is 0 Å². The molecule has 7 heteroatoms. The van der Waals surface area contributed by atoms with E-state index in [1.807, 2.05) is 18.2 Å². The van der Waals surface area contributed by atoms with Crippen molar-refractivity contribution in [1.82, 2.24) is 10.6 Å². The van der Waals surface area contributed by atoms with E-state index in [1.54, 1.807) is 6.07 Å². The Bertz CT molecular complexity index is 469. The molecule has 21 heavy (non-hydrogen) atoms. The van der Waals surface area contributed by atoms with E-state index >= 15 is 0 Å². The molecule has 0 unspecified atom stereocenters. The molecule has 0 aromatic heterocycles. The summed E-state index contributed by atoms with van der Waals surface area (Å²) < 4.78 is 0. The third-order valence-electron chi connectivity index (χ3n) is 2.98. The largest absolute Gasteiger partial charge is 0.480 e. The van der Waals surface area contributed by atoms with Crippen molar-refractivity contribution in [2.24, 2.45) is 0 Å². The average Bonchev–Trinajstić information content (AvgIpc) is 2.43. The van der Waals surface area contributed by atoms with Gasteiger partial charge in [-0.2, -0.15) is 0 Å². The molecule has 1 aromatic carbocycles. The molecule has 118 valence electrons. The molecule has 1 rings (SSSR count). The maximum absolute atomic E-state index is 11.1. The van der Waals surface area contributed by atoms with E-state index in [0.29, 0.717) is 18.0 Å². The summed E-state index contributed by atoms with van der Waals surface area (Å²) in [7, 11) is 1.53. The van der Waals surface area contributed by atoms with Gasteiger partial charge in [-0.3, -0.25) is 9.59 Å². The third kappa shape index (κ3) is 7.32. The lowest BCUT2D eigenvalue weighted by Crippen LogP contribution is -2.38. The fourth-order valence-electron chi connectivity index (χ4n) is 1.80. The molecule has 1 amide bonds. The van der Waals surface area contributed by atoms with Gasteiger partial charge in [0.05, 0.1) is 0 Å². The lowest BCUT2D eigenvalue weighted by Gasteiger charge is -2.14. The van der Waals surface area contributed by atoms with Crippen molar-refractivity contribution in [2.75, 3.05) is 13.6 Å². The zero-order valence-corrected chi connectivity index (χ0v) is 13.3. The van der Waals surface area contributed by atoms with Gasteiger partial charge in [-0.05, 0) is 24.5 Å². The fourth-order valence-corrected chi connectivity index (χ4v) is 2.03. The van der Waals surface area contributed by atoms with E-state index in [1.165, 1.54) is 7.05 Å². The number of aliphatic carboxylic acids is 1. The quantitative estimate of drug-likeness (QED) is 0.678. The first-order valence-electron chi connectivity index (χ1n) is 6.44. The van der Waals surface area contributed by atoms with Gasteiger partial charge in [0.1, 0.15) is 6.04 Å². The molecular weight excluding hydrogens is 315 g/mol. The van der Waals surface area contributed by atoms with Crippen LogP contribution >= 0.6 is 24.0 Å². The molecule has 3 N–H and O–H groups in total. The number of carboxylic acids is 1. The highest BCUT2D eigenvalue weighted by molar-refractivity contribution is 6.31. The maximum Gasteiger partial charge on any atom is 0.320 e. The number of carbonyl (C=O) groups is 2. The van der Waals surface area contributed by atoms with Gasteiger partial charge in [-0.1, -0.05) is 29.8 Å². The molecule has 1 atom stereocenters. The summed E-state index contributed by atoms with van der Waals surface area (Å²) in [5.74, 6) is -1.11. The van der Waals surface area contributed by atoms with Crippen molar-refractivity contribution < 1.29 is 14.7 Å². The smallest absolute Gasteiger partial charge is 0.320 e. The molecule has 0 spiro atoms. The fraction of sp³-hybridized carbons (Fsp3) is 0.429. The molecule has 1 aromatic rings. The van der Waals surface area contributed by atoms with Crippen LogP contribution in [0.25, 0.3) is 0 Å². The molecule has 0 aliphatic carbocycles. The second kappa shape index (κ2) is 10.4. The molecule has 0 bridgehead atoms. The van der Waals surface area contributed by atoms with Gasteiger partial charge in [0.15, 0.2) is 0 Å². The third-order valence-corrected chi connectivity index (χ3v) is 3.35. The Morgan fingerprint density at radius 3 is 2.57 bits per heavy atom. The molecular formula is C14H20Cl2N2O3. The van der Waals surface area contributed by atoms with Crippen molar-refractivity contribution in [3.63, 3.8) is 0 Å². The van der Waals surface area contributed by atoms with Crippen LogP contribution in [0.5, 0.6) is 0 Å². The minimum Gasteiger partial charge on any atom is -0.480 e. The van der Waals surface area contributed by atoms with Crippen molar-refractivity contribution in [3.05, 3.63) is 34.9 Å². The number of amides is 1. The zero-order chi connectivity index (χ0) is 15.0. The van der Waals surface area contributed by atoms with Gasteiger partial charge in [0.2, 0.25) is 5.91 Å². The number of rotatable bonds is 8. The Kier molecular flexibility index (Phi) is 9.78. The van der Waals surface area contributed by atoms with Crippen LogP contribution in [-0.2, 0) is 16.0 Å². The Labute approximate surface area is 135 Å². The van der Waals surface area contributed by atoms with E-state index in [9.17, 15) is 9.59 Å². The van der Waals surface area contributed by atoms with Crippen LogP contribution in [0.15, 0.2) is 24.3 Å². The minimum absolute atomic E-state index is 0. The lowest BCUT2D eigenvalue weighted by atomic mass is 10.1. The number of hydrogen-bond donors (Lipinski definition) is 3. The Morgan fingerprint density at radius 1 is 1.33 bits per heavy atom. The summed E-state index contributed by atoms with van der Waals surface area (Å²) in [5.41, 5.74) is 0.970. The van der Waals surface area contributed by atoms with Crippen LogP contribution in [0.4, 0.5) is 0 Å². The van der Waals surface area contributed by atoms with Gasteiger partial charge in [0.25, 0.3) is 0 Å². The summed E-state index contributed by atoms with van der Waals surface area (Å²) in [6, 6.07) is 6.72. The van der Waals surface area contributed by atoms with Crippen LogP contribution in [-0.4, -0.2) is 36.6 Å². The molecule has 0 radical (unpaired) electrons. The highest BCUT2D eigenvalue weighted by atomic mass is 35.5. The standard InChI is InChI=1S/C14H19ClN2O3.ClH/c1-16-13(18)7-6-12(14(19)20)17-9-8-10-4-2-3-5-11(10)15;/h2-5,12,17H,6-9H2,1H3,(H,16,18)(H,19,20);1H/t12-;/m0./s1. The maximum atomic E-state index is 11.1. The van der Waals surface area contributed by atoms with Gasteiger partial charge in [-0.15, -0.1) is 12.4 Å². The first-order chi connectivity index (χ1) is 9.54. The predicted molar refractivity (Wildman–Crippen MR) is 85.1 cm³/mol. The van der Waals surface area contributed by atoms with Gasteiger partial charge >= 0.3 is 5.97 Å². The molecule has 0 aliphatic heterocycles. The molecule has 0 saturated heterocycles. The summed E-state index contributed by atoms with van der Waals surface area (Å²) in [4.78, 5) is 22.2. The second-order valence-corrected chi connectivity index (χ2v) is 4.81. The predicted octanol–water partition coefficient (Wildman–Crippen LogP) is 1.87. The molecule has 0 fully saturated rings. The van der Waals surface area contributed by atoms with E-state index in [2.05, 4.69) is 10.6 Å². The number of nitrogens with one attached hydrogen (secondary N) is 2. The van der Waals surface area contributed by atoms with Crippen molar-refractivity contribution in [2.45, 2.75) is 25.3 Å². The van der Waals surface area contributed by atoms with E-state index in [0.717, 1.165) is 5.56 Å². The Balaban J connectivity index is 0.00000400. The van der Waals surface area contributed by atoms with Crippen LogP contribution in [0.2, 0.25) is 5.02 Å².